The van der Waals surface area contributed by atoms with Crippen molar-refractivity contribution in [1.29, 1.82) is 5.26 Å². The summed E-state index contributed by atoms with van der Waals surface area (Å²) in [5.41, 5.74) is 1.70. The molecule has 1 amide bonds. The highest BCUT2D eigenvalue weighted by atomic mass is 32.2. The van der Waals surface area contributed by atoms with E-state index in [1.165, 1.54) is 0 Å². The number of amides is 1. The first kappa shape index (κ1) is 12.0. The van der Waals surface area contributed by atoms with Gasteiger partial charge < -0.3 is 5.32 Å². The number of thioether (sulfide) groups is 1. The largest absolute Gasteiger partial charge is 0.353 e. The average molecular weight is 246 g/mol. The van der Waals surface area contributed by atoms with Crippen molar-refractivity contribution in [2.45, 2.75) is 24.6 Å². The van der Waals surface area contributed by atoms with Crippen molar-refractivity contribution in [3.05, 3.63) is 35.4 Å². The Balaban J connectivity index is 1.77. The topological polar surface area (TPSA) is 52.9 Å². The molecule has 2 rings (SSSR count). The first-order chi connectivity index (χ1) is 8.29. The molecule has 1 N–H and O–H groups in total. The van der Waals surface area contributed by atoms with Crippen LogP contribution >= 0.6 is 11.8 Å². The van der Waals surface area contributed by atoms with Gasteiger partial charge in [-0.2, -0.15) is 5.26 Å². The van der Waals surface area contributed by atoms with Crippen LogP contribution in [-0.4, -0.2) is 17.7 Å². The number of nitriles is 1. The summed E-state index contributed by atoms with van der Waals surface area (Å²) in [7, 11) is 0. The summed E-state index contributed by atoms with van der Waals surface area (Å²) in [5.74, 6) is 1.28. The molecule has 0 bridgehead atoms. The molecule has 1 aromatic rings. The molecule has 0 radical (unpaired) electrons. The number of benzene rings is 1. The van der Waals surface area contributed by atoms with Crippen molar-refractivity contribution in [2.24, 2.45) is 0 Å². The predicted molar refractivity (Wildman–Crippen MR) is 68.5 cm³/mol. The molecule has 88 valence electrons. The zero-order valence-electron chi connectivity index (χ0n) is 9.48. The normalized spacial score (nSPS) is 14.1. The van der Waals surface area contributed by atoms with Gasteiger partial charge in [0.2, 0.25) is 5.91 Å². The molecule has 0 heterocycles. The van der Waals surface area contributed by atoms with Gasteiger partial charge in [-0.25, -0.2) is 0 Å². The van der Waals surface area contributed by atoms with E-state index in [4.69, 9.17) is 5.26 Å². The number of hydrogen-bond donors (Lipinski definition) is 1. The maximum atomic E-state index is 11.4. The van der Waals surface area contributed by atoms with E-state index in [1.807, 2.05) is 18.2 Å². The Kier molecular flexibility index (Phi) is 4.05. The van der Waals surface area contributed by atoms with Crippen LogP contribution in [0, 0.1) is 11.3 Å². The summed E-state index contributed by atoms with van der Waals surface area (Å²) in [6.07, 6.45) is 2.24. The van der Waals surface area contributed by atoms with Crippen molar-refractivity contribution < 1.29 is 4.79 Å². The Morgan fingerprint density at radius 3 is 2.94 bits per heavy atom. The number of rotatable bonds is 5. The summed E-state index contributed by atoms with van der Waals surface area (Å²) < 4.78 is 0. The summed E-state index contributed by atoms with van der Waals surface area (Å²) in [6.45, 7) is 0. The molecule has 1 aliphatic rings. The smallest absolute Gasteiger partial charge is 0.230 e. The van der Waals surface area contributed by atoms with E-state index in [0.29, 0.717) is 23.1 Å². The van der Waals surface area contributed by atoms with Crippen LogP contribution in [0.5, 0.6) is 0 Å². The number of carbonyl (C=O) groups excluding carboxylic acids is 1. The first-order valence-corrected chi connectivity index (χ1v) is 6.80. The van der Waals surface area contributed by atoms with Crippen LogP contribution in [0.25, 0.3) is 0 Å². The number of nitrogens with one attached hydrogen (secondary N) is 1. The van der Waals surface area contributed by atoms with Gasteiger partial charge in [-0.1, -0.05) is 18.2 Å². The van der Waals surface area contributed by atoms with Gasteiger partial charge in [0.1, 0.15) is 0 Å². The lowest BCUT2D eigenvalue weighted by atomic mass is 10.1. The lowest BCUT2D eigenvalue weighted by Crippen LogP contribution is -2.27. The predicted octanol–water partition coefficient (Wildman–Crippen LogP) is 2.07. The van der Waals surface area contributed by atoms with Crippen LogP contribution in [0.4, 0.5) is 0 Å². The highest BCUT2D eigenvalue weighted by Crippen LogP contribution is 2.19. The Hall–Kier alpha value is -1.47. The molecule has 0 aliphatic heterocycles. The lowest BCUT2D eigenvalue weighted by molar-refractivity contribution is -0.118. The highest BCUT2D eigenvalue weighted by molar-refractivity contribution is 7.99. The monoisotopic (exact) mass is 246 g/mol. The van der Waals surface area contributed by atoms with Gasteiger partial charge in [0.15, 0.2) is 0 Å². The standard InChI is InChI=1S/C13H14N2OS/c14-7-10-3-1-2-4-11(10)8-17-9-13(16)15-12-5-6-12/h1-4,12H,5-6,8-9H2,(H,15,16). The third-order valence-corrected chi connectivity index (χ3v) is 3.55. The third-order valence-electron chi connectivity index (χ3n) is 2.57. The Morgan fingerprint density at radius 1 is 1.47 bits per heavy atom. The van der Waals surface area contributed by atoms with Gasteiger partial charge >= 0.3 is 0 Å². The van der Waals surface area contributed by atoms with E-state index in [0.717, 1.165) is 18.4 Å². The second-order valence-electron chi connectivity index (χ2n) is 4.10. The molecule has 0 spiro atoms. The summed E-state index contributed by atoms with van der Waals surface area (Å²) in [6, 6.07) is 10.1. The van der Waals surface area contributed by atoms with Crippen molar-refractivity contribution in [1.82, 2.24) is 5.32 Å². The zero-order chi connectivity index (χ0) is 12.1. The van der Waals surface area contributed by atoms with E-state index < -0.39 is 0 Å². The second kappa shape index (κ2) is 5.74. The molecule has 17 heavy (non-hydrogen) atoms. The Bertz CT molecular complexity index is 449. The van der Waals surface area contributed by atoms with Crippen LogP contribution < -0.4 is 5.32 Å². The minimum atomic E-state index is 0.104. The molecule has 4 heteroatoms. The molecule has 1 aromatic carbocycles. The lowest BCUT2D eigenvalue weighted by Gasteiger charge is -2.04. The van der Waals surface area contributed by atoms with Crippen molar-refractivity contribution >= 4 is 17.7 Å². The minimum absolute atomic E-state index is 0.104. The van der Waals surface area contributed by atoms with Gasteiger partial charge in [-0.15, -0.1) is 11.8 Å². The van der Waals surface area contributed by atoms with E-state index in [1.54, 1.807) is 17.8 Å². The molecule has 1 saturated carbocycles. The molecule has 0 saturated heterocycles. The first-order valence-electron chi connectivity index (χ1n) is 5.64. The van der Waals surface area contributed by atoms with Crippen molar-refractivity contribution in [2.75, 3.05) is 5.75 Å². The molecule has 1 fully saturated rings. The number of hydrogen-bond acceptors (Lipinski definition) is 3. The van der Waals surface area contributed by atoms with Gasteiger partial charge in [-0.05, 0) is 24.5 Å². The fourth-order valence-electron chi connectivity index (χ4n) is 1.51. The number of carbonyl (C=O) groups is 1. The minimum Gasteiger partial charge on any atom is -0.353 e. The molecule has 0 unspecified atom stereocenters. The van der Waals surface area contributed by atoms with Crippen molar-refractivity contribution in [3.8, 4) is 6.07 Å². The van der Waals surface area contributed by atoms with Gasteiger partial charge in [-0.3, -0.25) is 4.79 Å². The molecular formula is C13H14N2OS. The van der Waals surface area contributed by atoms with Crippen LogP contribution in [0.3, 0.4) is 0 Å². The Labute approximate surface area is 105 Å². The van der Waals surface area contributed by atoms with E-state index in [-0.39, 0.29) is 5.91 Å². The summed E-state index contributed by atoms with van der Waals surface area (Å²) >= 11 is 1.55. The van der Waals surface area contributed by atoms with Gasteiger partial charge in [0.25, 0.3) is 0 Å². The van der Waals surface area contributed by atoms with Crippen LogP contribution in [0.15, 0.2) is 24.3 Å². The number of nitrogens with zero attached hydrogens (tertiary/aromatic N) is 1. The fraction of sp³-hybridized carbons (Fsp3) is 0.385. The maximum absolute atomic E-state index is 11.4. The van der Waals surface area contributed by atoms with Crippen LogP contribution in [0.1, 0.15) is 24.0 Å². The molecular weight excluding hydrogens is 232 g/mol. The molecule has 3 nitrogen and oxygen atoms in total. The van der Waals surface area contributed by atoms with Crippen LogP contribution in [0.2, 0.25) is 0 Å². The van der Waals surface area contributed by atoms with Gasteiger partial charge in [0.05, 0.1) is 17.4 Å². The second-order valence-corrected chi connectivity index (χ2v) is 5.09. The fourth-order valence-corrected chi connectivity index (χ4v) is 2.35. The van der Waals surface area contributed by atoms with Crippen LogP contribution in [-0.2, 0) is 10.5 Å². The quantitative estimate of drug-likeness (QED) is 0.865. The SMILES string of the molecule is N#Cc1ccccc1CSCC(=O)NC1CC1. The van der Waals surface area contributed by atoms with E-state index >= 15 is 0 Å². The van der Waals surface area contributed by atoms with Gasteiger partial charge in [0, 0.05) is 11.8 Å². The molecule has 0 atom stereocenters. The van der Waals surface area contributed by atoms with Crippen molar-refractivity contribution in [3.63, 3.8) is 0 Å². The molecule has 1 aliphatic carbocycles. The Morgan fingerprint density at radius 2 is 2.24 bits per heavy atom. The summed E-state index contributed by atoms with van der Waals surface area (Å²) in [5, 5.41) is 11.9. The molecule has 0 aromatic heterocycles. The van der Waals surface area contributed by atoms with E-state index in [2.05, 4.69) is 11.4 Å². The third kappa shape index (κ3) is 3.79. The maximum Gasteiger partial charge on any atom is 0.230 e. The summed E-state index contributed by atoms with van der Waals surface area (Å²) in [4.78, 5) is 11.4. The highest BCUT2D eigenvalue weighted by Gasteiger charge is 2.22. The average Bonchev–Trinajstić information content (AvgIpc) is 3.13. The zero-order valence-corrected chi connectivity index (χ0v) is 10.3. The van der Waals surface area contributed by atoms with E-state index in [9.17, 15) is 4.79 Å².